The minimum absolute atomic E-state index is 0.126. The molecule has 2 aromatic rings. The van der Waals surface area contributed by atoms with Gasteiger partial charge in [0.25, 0.3) is 5.91 Å². The number of fused-ring (bicyclic) bond motifs is 1. The average Bonchev–Trinajstić information content (AvgIpc) is 2.83. The molecule has 0 radical (unpaired) electrons. The summed E-state index contributed by atoms with van der Waals surface area (Å²) >= 11 is 1.96. The topological polar surface area (TPSA) is 71.0 Å². The zero-order valence-electron chi connectivity index (χ0n) is 19.1. The van der Waals surface area contributed by atoms with Gasteiger partial charge >= 0.3 is 5.97 Å². The molecule has 0 bridgehead atoms. The van der Waals surface area contributed by atoms with Gasteiger partial charge in [0, 0.05) is 42.3 Å². The maximum atomic E-state index is 12.8. The molecule has 1 atom stereocenters. The number of hydrogen-bond donors (Lipinski definition) is 1. The Morgan fingerprint density at radius 2 is 1.94 bits per heavy atom. The standard InChI is InChI=1S/C26H31N3O3S/c1-2-32-25(30)16-20-5-6-21-9-10-24(17-23(21)15-20)28-26(31)22-7-3-19(4-8-22)18-27-29-11-13-33-14-12-29/h3-4,7-10,17-18,20H,2,5-6,11-16H2,1H3,(H,28,31). The molecule has 6 nitrogen and oxygen atoms in total. The van der Waals surface area contributed by atoms with Crippen LogP contribution in [0.1, 0.15) is 46.8 Å². The Labute approximate surface area is 199 Å². The Bertz CT molecular complexity index is 1000. The number of carbonyl (C=O) groups excluding carboxylic acids is 2. The van der Waals surface area contributed by atoms with E-state index in [1.54, 1.807) is 0 Å². The SMILES string of the molecule is CCOC(=O)CC1CCc2ccc(NC(=O)c3ccc(C=NN4CCSCC4)cc3)cc2C1. The van der Waals surface area contributed by atoms with Crippen molar-refractivity contribution in [3.05, 3.63) is 64.7 Å². The molecule has 1 unspecified atom stereocenters. The second-order valence-electron chi connectivity index (χ2n) is 8.49. The third-order valence-corrected chi connectivity index (χ3v) is 7.03. The molecule has 2 aliphatic rings. The molecule has 0 saturated carbocycles. The van der Waals surface area contributed by atoms with Gasteiger partial charge in [-0.15, -0.1) is 0 Å². The van der Waals surface area contributed by atoms with Gasteiger partial charge in [-0.1, -0.05) is 18.2 Å². The summed E-state index contributed by atoms with van der Waals surface area (Å²) in [6.45, 7) is 4.21. The van der Waals surface area contributed by atoms with Gasteiger partial charge in [0.1, 0.15) is 0 Å². The minimum atomic E-state index is -0.134. The molecule has 33 heavy (non-hydrogen) atoms. The van der Waals surface area contributed by atoms with Crippen molar-refractivity contribution < 1.29 is 14.3 Å². The van der Waals surface area contributed by atoms with Gasteiger partial charge in [-0.3, -0.25) is 14.6 Å². The largest absolute Gasteiger partial charge is 0.466 e. The second-order valence-corrected chi connectivity index (χ2v) is 9.71. The summed E-state index contributed by atoms with van der Waals surface area (Å²) in [5.41, 5.74) is 4.87. The summed E-state index contributed by atoms with van der Waals surface area (Å²) in [7, 11) is 0. The number of thioether (sulfide) groups is 1. The first kappa shape index (κ1) is 23.4. The monoisotopic (exact) mass is 465 g/mol. The maximum Gasteiger partial charge on any atom is 0.306 e. The van der Waals surface area contributed by atoms with Crippen LogP contribution in [0.15, 0.2) is 47.6 Å². The van der Waals surface area contributed by atoms with Gasteiger partial charge in [0.15, 0.2) is 0 Å². The molecule has 174 valence electrons. The molecule has 1 fully saturated rings. The van der Waals surface area contributed by atoms with Crippen LogP contribution in [-0.2, 0) is 22.4 Å². The number of rotatable bonds is 7. The number of nitrogens with zero attached hydrogens (tertiary/aromatic N) is 2. The summed E-state index contributed by atoms with van der Waals surface area (Å²) in [5, 5.41) is 9.64. The highest BCUT2D eigenvalue weighted by Crippen LogP contribution is 2.30. The molecule has 1 heterocycles. The molecule has 1 saturated heterocycles. The van der Waals surface area contributed by atoms with Gasteiger partial charge in [-0.05, 0) is 73.1 Å². The van der Waals surface area contributed by atoms with Crippen molar-refractivity contribution in [2.75, 3.05) is 36.5 Å². The van der Waals surface area contributed by atoms with Crippen LogP contribution in [0.2, 0.25) is 0 Å². The van der Waals surface area contributed by atoms with Gasteiger partial charge in [-0.25, -0.2) is 0 Å². The Kier molecular flexibility index (Phi) is 8.05. The lowest BCUT2D eigenvalue weighted by Crippen LogP contribution is -2.27. The lowest BCUT2D eigenvalue weighted by molar-refractivity contribution is -0.144. The second kappa shape index (κ2) is 11.4. The molecule has 1 amide bonds. The highest BCUT2D eigenvalue weighted by molar-refractivity contribution is 7.99. The highest BCUT2D eigenvalue weighted by atomic mass is 32.2. The van der Waals surface area contributed by atoms with Crippen molar-refractivity contribution in [3.63, 3.8) is 0 Å². The fraction of sp³-hybridized carbons (Fsp3) is 0.423. The number of nitrogens with one attached hydrogen (secondary N) is 1. The summed E-state index contributed by atoms with van der Waals surface area (Å²) in [6, 6.07) is 13.6. The van der Waals surface area contributed by atoms with Crippen LogP contribution in [0, 0.1) is 5.92 Å². The van der Waals surface area contributed by atoms with Crippen LogP contribution in [0.3, 0.4) is 0 Å². The number of hydrogen-bond acceptors (Lipinski definition) is 6. The average molecular weight is 466 g/mol. The van der Waals surface area contributed by atoms with E-state index in [9.17, 15) is 9.59 Å². The van der Waals surface area contributed by atoms with Crippen molar-refractivity contribution in [3.8, 4) is 0 Å². The summed E-state index contributed by atoms with van der Waals surface area (Å²) in [6.07, 6.45) is 5.09. The van der Waals surface area contributed by atoms with E-state index in [-0.39, 0.29) is 11.9 Å². The Hall–Kier alpha value is -2.80. The Morgan fingerprint density at radius 3 is 2.70 bits per heavy atom. The molecule has 1 N–H and O–H groups in total. The van der Waals surface area contributed by atoms with Gasteiger partial charge in [0.05, 0.1) is 12.8 Å². The number of ether oxygens (including phenoxy) is 1. The van der Waals surface area contributed by atoms with Crippen LogP contribution < -0.4 is 5.32 Å². The predicted molar refractivity (Wildman–Crippen MR) is 134 cm³/mol. The number of amides is 1. The van der Waals surface area contributed by atoms with E-state index in [1.165, 1.54) is 11.1 Å². The molecule has 0 spiro atoms. The summed E-state index contributed by atoms with van der Waals surface area (Å²) in [5.74, 6) is 2.26. The molecule has 2 aromatic carbocycles. The number of esters is 1. The number of anilines is 1. The number of aryl methyl sites for hydroxylation is 1. The molecule has 0 aromatic heterocycles. The van der Waals surface area contributed by atoms with E-state index < -0.39 is 0 Å². The van der Waals surface area contributed by atoms with Crippen LogP contribution >= 0.6 is 11.8 Å². The fourth-order valence-electron chi connectivity index (χ4n) is 4.28. The molecule has 4 rings (SSSR count). The molecular formula is C26H31N3O3S. The summed E-state index contributed by atoms with van der Waals surface area (Å²) in [4.78, 5) is 24.6. The van der Waals surface area contributed by atoms with Gasteiger partial charge in [-0.2, -0.15) is 16.9 Å². The number of hydrazone groups is 1. The first-order valence-corrected chi connectivity index (χ1v) is 12.8. The van der Waals surface area contributed by atoms with Crippen molar-refractivity contribution in [1.29, 1.82) is 0 Å². The van der Waals surface area contributed by atoms with Crippen molar-refractivity contribution >= 4 is 35.5 Å². The van der Waals surface area contributed by atoms with Crippen LogP contribution in [0.25, 0.3) is 0 Å². The lowest BCUT2D eigenvalue weighted by Gasteiger charge is -2.24. The molecule has 1 aliphatic carbocycles. The van der Waals surface area contributed by atoms with E-state index in [0.717, 1.165) is 55.1 Å². The van der Waals surface area contributed by atoms with Gasteiger partial charge < -0.3 is 10.1 Å². The summed E-state index contributed by atoms with van der Waals surface area (Å²) < 4.78 is 5.11. The normalized spacial score (nSPS) is 18.1. The van der Waals surface area contributed by atoms with Crippen LogP contribution in [-0.4, -0.2) is 54.3 Å². The third-order valence-electron chi connectivity index (χ3n) is 6.09. The minimum Gasteiger partial charge on any atom is -0.466 e. The molecule has 7 heteroatoms. The first-order valence-electron chi connectivity index (χ1n) is 11.7. The smallest absolute Gasteiger partial charge is 0.306 e. The highest BCUT2D eigenvalue weighted by Gasteiger charge is 2.22. The third kappa shape index (κ3) is 6.60. The quantitative estimate of drug-likeness (QED) is 0.485. The number of carbonyl (C=O) groups is 2. The van der Waals surface area contributed by atoms with E-state index in [1.807, 2.05) is 61.3 Å². The zero-order valence-corrected chi connectivity index (χ0v) is 19.9. The first-order chi connectivity index (χ1) is 16.1. The molecular weight excluding hydrogens is 434 g/mol. The van der Waals surface area contributed by atoms with Crippen molar-refractivity contribution in [2.24, 2.45) is 11.0 Å². The van der Waals surface area contributed by atoms with Crippen LogP contribution in [0.4, 0.5) is 5.69 Å². The molecule has 1 aliphatic heterocycles. The predicted octanol–water partition coefficient (Wildman–Crippen LogP) is 4.38. The van der Waals surface area contributed by atoms with Crippen LogP contribution in [0.5, 0.6) is 0 Å². The maximum absolute atomic E-state index is 12.8. The van der Waals surface area contributed by atoms with Gasteiger partial charge in [0.2, 0.25) is 0 Å². The number of benzene rings is 2. The van der Waals surface area contributed by atoms with E-state index in [4.69, 9.17) is 4.74 Å². The Balaban J connectivity index is 1.35. The lowest BCUT2D eigenvalue weighted by atomic mass is 9.82. The van der Waals surface area contributed by atoms with E-state index in [0.29, 0.717) is 24.5 Å². The van der Waals surface area contributed by atoms with E-state index in [2.05, 4.69) is 21.5 Å². The fourth-order valence-corrected chi connectivity index (χ4v) is 5.17. The Morgan fingerprint density at radius 1 is 1.15 bits per heavy atom. The van der Waals surface area contributed by atoms with Crippen molar-refractivity contribution in [2.45, 2.75) is 32.6 Å². The zero-order chi connectivity index (χ0) is 23.0. The van der Waals surface area contributed by atoms with E-state index >= 15 is 0 Å². The van der Waals surface area contributed by atoms with Crippen molar-refractivity contribution in [1.82, 2.24) is 5.01 Å².